The van der Waals surface area contributed by atoms with Crippen LogP contribution in [0.4, 0.5) is 11.4 Å². The first-order chi connectivity index (χ1) is 13.5. The summed E-state index contributed by atoms with van der Waals surface area (Å²) in [7, 11) is 1.40. The Morgan fingerprint density at radius 1 is 1.32 bits per heavy atom. The monoisotopic (exact) mass is 420 g/mol. The van der Waals surface area contributed by atoms with E-state index >= 15 is 0 Å². The fraction of sp³-hybridized carbons (Fsp3) is 0.118. The number of methoxy groups -OCH3 is 1. The summed E-state index contributed by atoms with van der Waals surface area (Å²) in [4.78, 5) is 22.7. The third-order valence-corrected chi connectivity index (χ3v) is 4.66. The smallest absolute Gasteiger partial charge is 0.296 e. The fourth-order valence-corrected chi connectivity index (χ4v) is 3.00. The molecule has 1 N–H and O–H groups in total. The average molecular weight is 421 g/mol. The minimum atomic E-state index is -0.598. The van der Waals surface area contributed by atoms with Gasteiger partial charge in [0.25, 0.3) is 10.9 Å². The lowest BCUT2D eigenvalue weighted by molar-refractivity contribution is -0.384. The molecule has 0 saturated carbocycles. The number of nitro groups is 1. The highest BCUT2D eigenvalue weighted by atomic mass is 35.5. The highest BCUT2D eigenvalue weighted by Crippen LogP contribution is 2.30. The van der Waals surface area contributed by atoms with E-state index in [1.165, 1.54) is 25.3 Å². The largest absolute Gasteiger partial charge is 0.496 e. The van der Waals surface area contributed by atoms with Gasteiger partial charge in [0.2, 0.25) is 11.8 Å². The van der Waals surface area contributed by atoms with Crippen molar-refractivity contribution in [2.45, 2.75) is 5.22 Å². The van der Waals surface area contributed by atoms with Gasteiger partial charge in [0.15, 0.2) is 0 Å². The van der Waals surface area contributed by atoms with Gasteiger partial charge >= 0.3 is 0 Å². The average Bonchev–Trinajstić information content (AvgIpc) is 3.15. The molecule has 3 rings (SSSR count). The molecule has 1 aromatic heterocycles. The van der Waals surface area contributed by atoms with Crippen LogP contribution in [-0.2, 0) is 4.79 Å². The number of nitro benzene ring substituents is 1. The van der Waals surface area contributed by atoms with Gasteiger partial charge in [-0.25, -0.2) is 0 Å². The molecule has 0 aliphatic rings. The van der Waals surface area contributed by atoms with Gasteiger partial charge in [-0.3, -0.25) is 14.9 Å². The minimum absolute atomic E-state index is 0.0682. The van der Waals surface area contributed by atoms with Gasteiger partial charge in [0.05, 0.1) is 34.4 Å². The molecule has 0 fully saturated rings. The number of ether oxygens (including phenoxy) is 1. The van der Waals surface area contributed by atoms with Crippen LogP contribution in [-0.4, -0.2) is 33.9 Å². The van der Waals surface area contributed by atoms with Crippen LogP contribution in [0.1, 0.15) is 0 Å². The van der Waals surface area contributed by atoms with E-state index in [2.05, 4.69) is 15.5 Å². The number of carbonyl (C=O) groups is 1. The maximum absolute atomic E-state index is 12.1. The molecule has 0 aliphatic heterocycles. The molecule has 0 unspecified atom stereocenters. The molecule has 0 atom stereocenters. The number of benzene rings is 2. The Morgan fingerprint density at radius 2 is 2.11 bits per heavy atom. The summed E-state index contributed by atoms with van der Waals surface area (Å²) in [5.74, 6) is 0.0139. The lowest BCUT2D eigenvalue weighted by Gasteiger charge is -2.06. The Kier molecular flexibility index (Phi) is 6.12. The number of nitrogens with one attached hydrogen (secondary N) is 1. The molecule has 0 saturated heterocycles. The molecule has 0 bridgehead atoms. The van der Waals surface area contributed by atoms with E-state index in [1.54, 1.807) is 24.3 Å². The predicted molar refractivity (Wildman–Crippen MR) is 104 cm³/mol. The first-order valence-electron chi connectivity index (χ1n) is 7.81. The van der Waals surface area contributed by atoms with Gasteiger partial charge in [0.1, 0.15) is 11.4 Å². The van der Waals surface area contributed by atoms with Gasteiger partial charge in [0, 0.05) is 0 Å². The zero-order chi connectivity index (χ0) is 20.1. The SMILES string of the molecule is COc1ccc(NC(=O)CSc2nnc(-c3ccccc3Cl)o2)c([N+](=O)[O-])c1. The van der Waals surface area contributed by atoms with E-state index in [1.807, 2.05) is 0 Å². The summed E-state index contributed by atoms with van der Waals surface area (Å²) in [6.07, 6.45) is 0. The molecule has 2 aromatic carbocycles. The normalized spacial score (nSPS) is 10.5. The van der Waals surface area contributed by atoms with Crippen LogP contribution < -0.4 is 10.1 Å². The van der Waals surface area contributed by atoms with Crippen LogP contribution in [0.15, 0.2) is 52.1 Å². The maximum atomic E-state index is 12.1. The second-order valence-electron chi connectivity index (χ2n) is 5.33. The number of carbonyl (C=O) groups excluding carboxylic acids is 1. The number of amides is 1. The third-order valence-electron chi connectivity index (χ3n) is 3.51. The zero-order valence-corrected chi connectivity index (χ0v) is 16.0. The van der Waals surface area contributed by atoms with E-state index in [-0.39, 0.29) is 28.2 Å². The molecule has 1 amide bonds. The van der Waals surface area contributed by atoms with Crippen molar-refractivity contribution in [3.05, 3.63) is 57.6 Å². The summed E-state index contributed by atoms with van der Waals surface area (Å²) in [6.45, 7) is 0. The minimum Gasteiger partial charge on any atom is -0.496 e. The lowest BCUT2D eigenvalue weighted by Crippen LogP contribution is -2.15. The maximum Gasteiger partial charge on any atom is 0.296 e. The summed E-state index contributed by atoms with van der Waals surface area (Å²) >= 11 is 7.09. The van der Waals surface area contributed by atoms with Crippen molar-refractivity contribution in [2.24, 2.45) is 0 Å². The van der Waals surface area contributed by atoms with Gasteiger partial charge in [-0.05, 0) is 24.3 Å². The summed E-state index contributed by atoms with van der Waals surface area (Å²) < 4.78 is 10.5. The number of anilines is 1. The molecule has 3 aromatic rings. The van der Waals surface area contributed by atoms with Crippen molar-refractivity contribution in [2.75, 3.05) is 18.2 Å². The van der Waals surface area contributed by atoms with Gasteiger partial charge < -0.3 is 14.5 Å². The van der Waals surface area contributed by atoms with Crippen LogP contribution in [0.5, 0.6) is 5.75 Å². The summed E-state index contributed by atoms with van der Waals surface area (Å²) in [6, 6.07) is 11.2. The number of nitrogens with zero attached hydrogens (tertiary/aromatic N) is 3. The second kappa shape index (κ2) is 8.72. The Balaban J connectivity index is 1.64. The third kappa shape index (κ3) is 4.59. The first kappa shape index (κ1) is 19.6. The van der Waals surface area contributed by atoms with E-state index in [0.717, 1.165) is 11.8 Å². The van der Waals surface area contributed by atoms with Crippen LogP contribution in [0.25, 0.3) is 11.5 Å². The molecule has 1 heterocycles. The molecule has 28 heavy (non-hydrogen) atoms. The van der Waals surface area contributed by atoms with Crippen LogP contribution in [0.3, 0.4) is 0 Å². The fourth-order valence-electron chi connectivity index (χ4n) is 2.22. The summed E-state index contributed by atoms with van der Waals surface area (Å²) in [5.41, 5.74) is 0.386. The zero-order valence-electron chi connectivity index (χ0n) is 14.4. The van der Waals surface area contributed by atoms with Crippen molar-refractivity contribution >= 4 is 40.6 Å². The topological polar surface area (TPSA) is 120 Å². The molecule has 0 spiro atoms. The van der Waals surface area contributed by atoms with Crippen molar-refractivity contribution in [3.63, 3.8) is 0 Å². The van der Waals surface area contributed by atoms with Crippen LogP contribution in [0.2, 0.25) is 5.02 Å². The van der Waals surface area contributed by atoms with Crippen molar-refractivity contribution in [3.8, 4) is 17.2 Å². The van der Waals surface area contributed by atoms with Gasteiger partial charge in [-0.15, -0.1) is 10.2 Å². The van der Waals surface area contributed by atoms with Crippen LogP contribution in [0, 0.1) is 10.1 Å². The molecule has 0 radical (unpaired) electrons. The van der Waals surface area contributed by atoms with E-state index in [9.17, 15) is 14.9 Å². The molecule has 9 nitrogen and oxygen atoms in total. The summed E-state index contributed by atoms with van der Waals surface area (Å²) in [5, 5.41) is 22.1. The van der Waals surface area contributed by atoms with Gasteiger partial charge in [-0.1, -0.05) is 35.5 Å². The van der Waals surface area contributed by atoms with Crippen molar-refractivity contribution in [1.82, 2.24) is 10.2 Å². The van der Waals surface area contributed by atoms with Crippen molar-refractivity contribution in [1.29, 1.82) is 0 Å². The van der Waals surface area contributed by atoms with Crippen LogP contribution >= 0.6 is 23.4 Å². The second-order valence-corrected chi connectivity index (χ2v) is 6.66. The molecule has 144 valence electrons. The highest BCUT2D eigenvalue weighted by Gasteiger charge is 2.18. The standard InChI is InChI=1S/C17H13ClN4O5S/c1-26-10-6-7-13(14(8-10)22(24)25)19-15(23)9-28-17-21-20-16(27-17)11-4-2-3-5-12(11)18/h2-8H,9H2,1H3,(H,19,23). The Hall–Kier alpha value is -3.11. The van der Waals surface area contributed by atoms with E-state index in [4.69, 9.17) is 20.8 Å². The highest BCUT2D eigenvalue weighted by molar-refractivity contribution is 7.99. The Labute approximate surface area is 168 Å². The number of thioether (sulfide) groups is 1. The molecular weight excluding hydrogens is 408 g/mol. The number of aromatic nitrogens is 2. The molecular formula is C17H13ClN4O5S. The van der Waals surface area contributed by atoms with E-state index < -0.39 is 10.8 Å². The number of halogens is 1. The van der Waals surface area contributed by atoms with E-state index in [0.29, 0.717) is 16.3 Å². The lowest BCUT2D eigenvalue weighted by atomic mass is 10.2. The first-order valence-corrected chi connectivity index (χ1v) is 9.17. The number of hydrogen-bond donors (Lipinski definition) is 1. The quantitative estimate of drug-likeness (QED) is 0.345. The molecule has 0 aliphatic carbocycles. The number of hydrogen-bond acceptors (Lipinski definition) is 8. The number of rotatable bonds is 7. The Morgan fingerprint density at radius 3 is 2.82 bits per heavy atom. The van der Waals surface area contributed by atoms with Crippen molar-refractivity contribution < 1.29 is 18.9 Å². The predicted octanol–water partition coefficient (Wildman–Crippen LogP) is 4.04. The Bertz CT molecular complexity index is 1030. The van der Waals surface area contributed by atoms with Gasteiger partial charge in [-0.2, -0.15) is 0 Å². The molecule has 11 heteroatoms.